The molecule has 1 fully saturated rings. The Hall–Kier alpha value is -0.0800. The van der Waals surface area contributed by atoms with Crippen LogP contribution < -0.4 is 5.32 Å². The molecule has 0 unspecified atom stereocenters. The lowest BCUT2D eigenvalue weighted by molar-refractivity contribution is 0.184. The Labute approximate surface area is 134 Å². The van der Waals surface area contributed by atoms with Crippen molar-refractivity contribution in [2.75, 3.05) is 19.6 Å². The molecule has 0 aromatic carbocycles. The maximum Gasteiger partial charge on any atom is 0.00965 e. The lowest BCUT2D eigenvalue weighted by Gasteiger charge is -2.29. The van der Waals surface area contributed by atoms with E-state index in [2.05, 4.69) is 44.8 Å². The fourth-order valence-electron chi connectivity index (χ4n) is 3.25. The summed E-state index contributed by atoms with van der Waals surface area (Å²) in [6.45, 7) is 15.3. The lowest BCUT2D eigenvalue weighted by atomic mass is 10.1. The van der Waals surface area contributed by atoms with Gasteiger partial charge in [0.1, 0.15) is 0 Å². The molecule has 0 atom stereocenters. The molecule has 0 aliphatic heterocycles. The minimum Gasteiger partial charge on any atom is -0.312 e. The molecule has 2 heteroatoms. The van der Waals surface area contributed by atoms with Crippen molar-refractivity contribution in [1.82, 2.24) is 10.2 Å². The quantitative estimate of drug-likeness (QED) is 0.581. The molecular weight excluding hydrogens is 256 g/mol. The first-order valence-electron chi connectivity index (χ1n) is 9.37. The third kappa shape index (κ3) is 9.52. The molecule has 1 saturated carbocycles. The number of nitrogens with zero attached hydrogens (tertiary/aromatic N) is 1. The SMILES string of the molecule is CC(C)CCN(CCCCCNC(C)(C)C)C1CCCC1. The van der Waals surface area contributed by atoms with Gasteiger partial charge in [0.05, 0.1) is 0 Å². The van der Waals surface area contributed by atoms with Gasteiger partial charge in [-0.15, -0.1) is 0 Å². The molecule has 0 heterocycles. The highest BCUT2D eigenvalue weighted by Crippen LogP contribution is 2.24. The number of nitrogens with one attached hydrogen (secondary N) is 1. The molecule has 0 spiro atoms. The summed E-state index contributed by atoms with van der Waals surface area (Å²) in [5.41, 5.74) is 0.271. The second-order valence-corrected chi connectivity index (χ2v) is 8.39. The molecule has 0 radical (unpaired) electrons. The predicted octanol–water partition coefficient (Wildman–Crippen LogP) is 4.84. The van der Waals surface area contributed by atoms with Crippen LogP contribution in [-0.4, -0.2) is 36.1 Å². The van der Waals surface area contributed by atoms with E-state index in [1.165, 1.54) is 71.0 Å². The van der Waals surface area contributed by atoms with Gasteiger partial charge < -0.3 is 10.2 Å². The van der Waals surface area contributed by atoms with Gasteiger partial charge >= 0.3 is 0 Å². The fourth-order valence-corrected chi connectivity index (χ4v) is 3.25. The molecule has 1 aliphatic rings. The maximum atomic E-state index is 3.59. The van der Waals surface area contributed by atoms with Gasteiger partial charge in [-0.2, -0.15) is 0 Å². The van der Waals surface area contributed by atoms with Crippen LogP contribution >= 0.6 is 0 Å². The van der Waals surface area contributed by atoms with Gasteiger partial charge in [0.2, 0.25) is 0 Å². The Morgan fingerprint density at radius 1 is 1.00 bits per heavy atom. The summed E-state index contributed by atoms with van der Waals surface area (Å²) in [5.74, 6) is 0.838. The summed E-state index contributed by atoms with van der Waals surface area (Å²) in [6.07, 6.45) is 11.2. The van der Waals surface area contributed by atoms with Crippen LogP contribution in [0.25, 0.3) is 0 Å². The van der Waals surface area contributed by atoms with Crippen molar-refractivity contribution in [3.05, 3.63) is 0 Å². The standard InChI is InChI=1S/C19H40N2/c1-17(2)13-16-21(18-11-7-8-12-18)15-10-6-9-14-20-19(3,4)5/h17-18,20H,6-16H2,1-5H3. The summed E-state index contributed by atoms with van der Waals surface area (Å²) in [6, 6.07) is 0.899. The summed E-state index contributed by atoms with van der Waals surface area (Å²) < 4.78 is 0. The number of hydrogen-bond acceptors (Lipinski definition) is 2. The highest BCUT2D eigenvalue weighted by atomic mass is 15.2. The monoisotopic (exact) mass is 296 g/mol. The highest BCUT2D eigenvalue weighted by Gasteiger charge is 2.21. The van der Waals surface area contributed by atoms with Gasteiger partial charge in [0, 0.05) is 11.6 Å². The van der Waals surface area contributed by atoms with Crippen molar-refractivity contribution in [3.8, 4) is 0 Å². The molecule has 2 nitrogen and oxygen atoms in total. The minimum absolute atomic E-state index is 0.271. The van der Waals surface area contributed by atoms with Crippen LogP contribution in [0, 0.1) is 5.92 Å². The number of rotatable bonds is 10. The molecule has 1 N–H and O–H groups in total. The Bertz CT molecular complexity index is 249. The van der Waals surface area contributed by atoms with Crippen molar-refractivity contribution in [3.63, 3.8) is 0 Å². The van der Waals surface area contributed by atoms with Crippen LogP contribution in [0.3, 0.4) is 0 Å². The zero-order valence-electron chi connectivity index (χ0n) is 15.4. The molecule has 1 aliphatic carbocycles. The van der Waals surface area contributed by atoms with Crippen LogP contribution in [0.15, 0.2) is 0 Å². The largest absolute Gasteiger partial charge is 0.312 e. The fraction of sp³-hybridized carbons (Fsp3) is 1.00. The van der Waals surface area contributed by atoms with Crippen LogP contribution in [-0.2, 0) is 0 Å². The molecule has 0 saturated heterocycles. The van der Waals surface area contributed by atoms with E-state index in [4.69, 9.17) is 0 Å². The lowest BCUT2D eigenvalue weighted by Crippen LogP contribution is -2.37. The Morgan fingerprint density at radius 3 is 2.24 bits per heavy atom. The molecule has 0 aromatic heterocycles. The molecular formula is C19H40N2. The normalized spacial score (nSPS) is 17.3. The summed E-state index contributed by atoms with van der Waals surface area (Å²) >= 11 is 0. The van der Waals surface area contributed by atoms with E-state index in [1.54, 1.807) is 0 Å². The van der Waals surface area contributed by atoms with Gasteiger partial charge in [0.15, 0.2) is 0 Å². The van der Waals surface area contributed by atoms with Crippen molar-refractivity contribution < 1.29 is 0 Å². The van der Waals surface area contributed by atoms with E-state index < -0.39 is 0 Å². The predicted molar refractivity (Wildman–Crippen MR) is 94.9 cm³/mol. The summed E-state index contributed by atoms with van der Waals surface area (Å²) in [5, 5.41) is 3.59. The minimum atomic E-state index is 0.271. The average molecular weight is 297 g/mol. The Kier molecular flexibility index (Phi) is 8.89. The van der Waals surface area contributed by atoms with E-state index in [-0.39, 0.29) is 5.54 Å². The van der Waals surface area contributed by atoms with Crippen molar-refractivity contribution in [2.24, 2.45) is 5.92 Å². The first-order chi connectivity index (χ1) is 9.88. The van der Waals surface area contributed by atoms with E-state index in [1.807, 2.05) is 0 Å². The molecule has 1 rings (SSSR count). The zero-order valence-corrected chi connectivity index (χ0v) is 15.4. The Balaban J connectivity index is 2.16. The van der Waals surface area contributed by atoms with Crippen molar-refractivity contribution in [1.29, 1.82) is 0 Å². The van der Waals surface area contributed by atoms with Crippen LogP contribution in [0.2, 0.25) is 0 Å². The summed E-state index contributed by atoms with van der Waals surface area (Å²) in [7, 11) is 0. The molecule has 126 valence electrons. The topological polar surface area (TPSA) is 15.3 Å². The second kappa shape index (κ2) is 9.84. The van der Waals surface area contributed by atoms with Crippen molar-refractivity contribution in [2.45, 2.75) is 97.6 Å². The third-order valence-electron chi connectivity index (χ3n) is 4.61. The van der Waals surface area contributed by atoms with E-state index in [9.17, 15) is 0 Å². The van der Waals surface area contributed by atoms with Crippen LogP contribution in [0.5, 0.6) is 0 Å². The van der Waals surface area contributed by atoms with E-state index >= 15 is 0 Å². The van der Waals surface area contributed by atoms with Gasteiger partial charge in [-0.25, -0.2) is 0 Å². The first kappa shape index (κ1) is 19.0. The van der Waals surface area contributed by atoms with Gasteiger partial charge in [-0.05, 0) is 78.4 Å². The second-order valence-electron chi connectivity index (χ2n) is 8.39. The molecule has 21 heavy (non-hydrogen) atoms. The zero-order chi connectivity index (χ0) is 15.7. The van der Waals surface area contributed by atoms with Gasteiger partial charge in [-0.3, -0.25) is 0 Å². The van der Waals surface area contributed by atoms with Crippen molar-refractivity contribution >= 4 is 0 Å². The third-order valence-corrected chi connectivity index (χ3v) is 4.61. The van der Waals surface area contributed by atoms with Crippen LogP contribution in [0.4, 0.5) is 0 Å². The highest BCUT2D eigenvalue weighted by molar-refractivity contribution is 4.78. The number of unbranched alkanes of at least 4 members (excludes halogenated alkanes) is 2. The molecule has 0 aromatic rings. The van der Waals surface area contributed by atoms with E-state index in [0.29, 0.717) is 0 Å². The number of hydrogen-bond donors (Lipinski definition) is 1. The Morgan fingerprint density at radius 2 is 1.67 bits per heavy atom. The first-order valence-corrected chi connectivity index (χ1v) is 9.37. The maximum absolute atomic E-state index is 3.59. The van der Waals surface area contributed by atoms with Crippen LogP contribution in [0.1, 0.15) is 86.0 Å². The van der Waals surface area contributed by atoms with E-state index in [0.717, 1.165) is 12.0 Å². The molecule has 0 amide bonds. The summed E-state index contributed by atoms with van der Waals surface area (Å²) in [4.78, 5) is 2.81. The smallest absolute Gasteiger partial charge is 0.00965 e. The average Bonchev–Trinajstić information content (AvgIpc) is 2.89. The van der Waals surface area contributed by atoms with Gasteiger partial charge in [0.25, 0.3) is 0 Å². The van der Waals surface area contributed by atoms with Gasteiger partial charge in [-0.1, -0.05) is 33.1 Å². The molecule has 0 bridgehead atoms.